The van der Waals surface area contributed by atoms with Gasteiger partial charge in [0.05, 0.1) is 0 Å². The highest BCUT2D eigenvalue weighted by Gasteiger charge is 2.27. The third-order valence-corrected chi connectivity index (χ3v) is 5.80. The number of anilines is 3. The second-order valence-electron chi connectivity index (χ2n) is 8.13. The number of fused-ring (bicyclic) bond motifs is 1. The topological polar surface area (TPSA) is 59.4 Å². The van der Waals surface area contributed by atoms with Gasteiger partial charge in [-0.2, -0.15) is 0 Å². The minimum atomic E-state index is -0.576. The van der Waals surface area contributed by atoms with Crippen LogP contribution in [0.4, 0.5) is 22.1 Å². The number of hydrogen-bond donors (Lipinski definition) is 1. The zero-order valence-electron chi connectivity index (χ0n) is 17.4. The quantitative estimate of drug-likeness (QED) is 0.418. The van der Waals surface area contributed by atoms with Crippen molar-refractivity contribution in [3.05, 3.63) is 64.4 Å². The number of carbonyl (C=O) groups excluding carboxylic acids is 1. The lowest BCUT2D eigenvalue weighted by Gasteiger charge is -2.23. The lowest BCUT2D eigenvalue weighted by molar-refractivity contribution is 0.0539. The van der Waals surface area contributed by atoms with Gasteiger partial charge < -0.3 is 14.4 Å². The minimum Gasteiger partial charge on any atom is -0.443 e. The molecule has 1 aliphatic heterocycles. The molecule has 3 aromatic rings. The number of nitrogens with zero attached hydrogens (tertiary/aromatic N) is 3. The third kappa shape index (κ3) is 5.11. The number of rotatable bonds is 4. The van der Waals surface area contributed by atoms with Crippen LogP contribution in [-0.4, -0.2) is 27.8 Å². The molecule has 0 saturated heterocycles. The average Bonchev–Trinajstić information content (AvgIpc) is 3.30. The van der Waals surface area contributed by atoms with Crippen molar-refractivity contribution in [2.24, 2.45) is 0 Å². The highest BCUT2D eigenvalue weighted by atomic mass is 35.5. The molecule has 0 amide bonds. The molecule has 1 N–H and O–H groups in total. The van der Waals surface area contributed by atoms with E-state index in [9.17, 15) is 4.79 Å². The van der Waals surface area contributed by atoms with Crippen LogP contribution in [0, 0.1) is 0 Å². The Morgan fingerprint density at radius 1 is 1.16 bits per heavy atom. The van der Waals surface area contributed by atoms with E-state index in [0.29, 0.717) is 16.0 Å². The molecule has 0 spiro atoms. The predicted molar refractivity (Wildman–Crippen MR) is 127 cm³/mol. The normalized spacial score (nSPS) is 13.3. The molecule has 0 aliphatic carbocycles. The molecule has 162 valence electrons. The van der Waals surface area contributed by atoms with E-state index in [1.54, 1.807) is 18.5 Å². The zero-order chi connectivity index (χ0) is 22.2. The van der Waals surface area contributed by atoms with Gasteiger partial charge in [-0.05, 0) is 81.1 Å². The van der Waals surface area contributed by atoms with Crippen molar-refractivity contribution in [1.29, 1.82) is 0 Å². The second-order valence-corrected chi connectivity index (χ2v) is 9.88. The van der Waals surface area contributed by atoms with Gasteiger partial charge in [-0.25, -0.2) is 14.3 Å². The maximum absolute atomic E-state index is 12.6. The molecule has 2 heterocycles. The molecule has 0 atom stereocenters. The average molecular weight is 477 g/mol. The van der Waals surface area contributed by atoms with Crippen molar-refractivity contribution >= 4 is 58.6 Å². The van der Waals surface area contributed by atoms with Gasteiger partial charge in [-0.1, -0.05) is 23.2 Å². The Balaban J connectivity index is 1.51. The largest absolute Gasteiger partial charge is 0.443 e. The summed E-state index contributed by atoms with van der Waals surface area (Å²) in [6.45, 7) is 6.26. The first-order valence-corrected chi connectivity index (χ1v) is 11.3. The van der Waals surface area contributed by atoms with Crippen LogP contribution in [0.25, 0.3) is 0 Å². The van der Waals surface area contributed by atoms with E-state index < -0.39 is 11.7 Å². The maximum atomic E-state index is 12.6. The van der Waals surface area contributed by atoms with Crippen LogP contribution in [0.3, 0.4) is 0 Å². The molecule has 0 unspecified atom stereocenters. The summed E-state index contributed by atoms with van der Waals surface area (Å²) < 4.78 is 10.3. The molecule has 1 aromatic heterocycles. The van der Waals surface area contributed by atoms with Gasteiger partial charge in [0, 0.05) is 45.3 Å². The molecule has 1 aliphatic rings. The van der Waals surface area contributed by atoms with Crippen molar-refractivity contribution < 1.29 is 9.53 Å². The summed E-state index contributed by atoms with van der Waals surface area (Å²) in [4.78, 5) is 19.9. The van der Waals surface area contributed by atoms with Crippen LogP contribution in [0.2, 0.25) is 10.0 Å². The Kier molecular flexibility index (Phi) is 6.10. The van der Waals surface area contributed by atoms with E-state index in [0.717, 1.165) is 29.2 Å². The van der Waals surface area contributed by atoms with Crippen molar-refractivity contribution in [2.75, 3.05) is 16.2 Å². The van der Waals surface area contributed by atoms with Crippen LogP contribution in [0.5, 0.6) is 0 Å². The molecule has 0 radical (unpaired) electrons. The van der Waals surface area contributed by atoms with Crippen LogP contribution in [0.1, 0.15) is 26.3 Å². The van der Waals surface area contributed by atoms with Gasteiger partial charge in [-0.15, -0.1) is 0 Å². The van der Waals surface area contributed by atoms with Crippen molar-refractivity contribution in [3.63, 3.8) is 0 Å². The molecule has 0 saturated carbocycles. The Morgan fingerprint density at radius 2 is 1.90 bits per heavy atom. The fourth-order valence-electron chi connectivity index (χ4n) is 3.33. The number of benzene rings is 2. The third-order valence-electron chi connectivity index (χ3n) is 4.55. The Hall–Kier alpha value is -2.35. The van der Waals surface area contributed by atoms with Crippen LogP contribution in [0.15, 0.2) is 53.7 Å². The van der Waals surface area contributed by atoms with E-state index in [-0.39, 0.29) is 0 Å². The summed E-state index contributed by atoms with van der Waals surface area (Å²) in [7, 11) is 0. The number of aromatic nitrogens is 2. The van der Waals surface area contributed by atoms with Gasteiger partial charge in [0.2, 0.25) is 5.95 Å². The highest BCUT2D eigenvalue weighted by Crippen LogP contribution is 2.36. The van der Waals surface area contributed by atoms with Gasteiger partial charge in [0.15, 0.2) is 0 Å². The van der Waals surface area contributed by atoms with E-state index in [1.807, 2.05) is 49.9 Å². The number of ether oxygens (including phenoxy) is 1. The summed E-state index contributed by atoms with van der Waals surface area (Å²) in [6, 6.07) is 11.6. The van der Waals surface area contributed by atoms with Crippen molar-refractivity contribution in [2.45, 2.75) is 37.7 Å². The van der Waals surface area contributed by atoms with E-state index >= 15 is 0 Å². The van der Waals surface area contributed by atoms with Crippen LogP contribution >= 0.6 is 35.1 Å². The number of carbonyl (C=O) groups is 1. The Labute approximate surface area is 195 Å². The monoisotopic (exact) mass is 476 g/mol. The summed E-state index contributed by atoms with van der Waals surface area (Å²) in [6.07, 6.45) is 3.65. The zero-order valence-corrected chi connectivity index (χ0v) is 19.7. The lowest BCUT2D eigenvalue weighted by Crippen LogP contribution is -2.29. The first-order valence-electron chi connectivity index (χ1n) is 9.76. The van der Waals surface area contributed by atoms with Gasteiger partial charge in [0.25, 0.3) is 0 Å². The predicted octanol–water partition coefficient (Wildman–Crippen LogP) is 6.79. The van der Waals surface area contributed by atoms with Crippen molar-refractivity contribution in [1.82, 2.24) is 9.55 Å². The standard InChI is InChI=1S/C22H22Cl2N4O2S/c1-22(2,3)30-21(29)28-9-7-25-20(28)27-8-6-14-10-17(4-5-19(14)27)26-31-18-12-15(23)11-16(24)13-18/h4-5,7,9-13,26H,6,8H2,1-3H3. The van der Waals surface area contributed by atoms with E-state index in [4.69, 9.17) is 27.9 Å². The number of nitrogens with one attached hydrogen (secondary N) is 1. The molecular weight excluding hydrogens is 455 g/mol. The summed E-state index contributed by atoms with van der Waals surface area (Å²) in [5, 5.41) is 1.20. The summed E-state index contributed by atoms with van der Waals surface area (Å²) in [5.41, 5.74) is 2.59. The molecular formula is C22H22Cl2N4O2S. The van der Waals surface area contributed by atoms with Crippen LogP contribution in [-0.2, 0) is 11.2 Å². The molecule has 31 heavy (non-hydrogen) atoms. The molecule has 2 aromatic carbocycles. The first kappa shape index (κ1) is 21.9. The fraction of sp³-hybridized carbons (Fsp3) is 0.273. The number of hydrogen-bond acceptors (Lipinski definition) is 6. The number of halogens is 2. The van der Waals surface area contributed by atoms with E-state index in [2.05, 4.69) is 15.8 Å². The van der Waals surface area contributed by atoms with Gasteiger partial charge in [0.1, 0.15) is 5.60 Å². The second kappa shape index (κ2) is 8.65. The van der Waals surface area contributed by atoms with Crippen molar-refractivity contribution in [3.8, 4) is 0 Å². The molecule has 9 heteroatoms. The fourth-order valence-corrected chi connectivity index (χ4v) is 4.72. The summed E-state index contributed by atoms with van der Waals surface area (Å²) >= 11 is 13.6. The van der Waals surface area contributed by atoms with Crippen LogP contribution < -0.4 is 9.62 Å². The molecule has 6 nitrogen and oxygen atoms in total. The summed E-state index contributed by atoms with van der Waals surface area (Å²) in [5.74, 6) is 0.552. The minimum absolute atomic E-state index is 0.441. The molecule has 0 fully saturated rings. The lowest BCUT2D eigenvalue weighted by atomic mass is 10.1. The molecule has 0 bridgehead atoms. The SMILES string of the molecule is CC(C)(C)OC(=O)n1ccnc1N1CCc2cc(NSc3cc(Cl)cc(Cl)c3)ccc21. The highest BCUT2D eigenvalue weighted by molar-refractivity contribution is 8.00. The smallest absolute Gasteiger partial charge is 0.421 e. The van der Waals surface area contributed by atoms with E-state index in [1.165, 1.54) is 22.1 Å². The number of imidazole rings is 1. The maximum Gasteiger partial charge on any atom is 0.421 e. The first-order chi connectivity index (χ1) is 14.7. The van der Waals surface area contributed by atoms with Gasteiger partial charge in [-0.3, -0.25) is 0 Å². The Bertz CT molecular complexity index is 1110. The molecule has 4 rings (SSSR count). The van der Waals surface area contributed by atoms with Gasteiger partial charge >= 0.3 is 6.09 Å². The Morgan fingerprint density at radius 3 is 2.61 bits per heavy atom.